The Kier molecular flexibility index (Phi) is 8.40. The monoisotopic (exact) mass is 523 g/mol. The van der Waals surface area contributed by atoms with Crippen molar-refractivity contribution >= 4 is 47.4 Å². The fourth-order valence-corrected chi connectivity index (χ4v) is 5.04. The summed E-state index contributed by atoms with van der Waals surface area (Å²) >= 11 is 7.67. The standard InChI is InChI=1S/C26H30ClN7OS/c27-21-7-11-23(12-8-21)36-18-17-35-22-9-5-20(6-10-22)19-28-32-24-29-25(33-13-1-2-14-33)31-26(30-24)34-15-3-4-16-34/h5-12,19H,1-4,13-18H2,(H,29,30,31,32)/b28-19+. The normalized spacial score (nSPS) is 15.7. The molecule has 2 saturated heterocycles. The van der Waals surface area contributed by atoms with Crippen molar-refractivity contribution in [3.8, 4) is 5.75 Å². The SMILES string of the molecule is Clc1ccc(SCCOc2ccc(/C=N/Nc3nc(N4CCCC4)nc(N4CCCC4)n3)cc2)cc1. The fraction of sp³-hybridized carbons (Fsp3) is 0.385. The zero-order valence-electron chi connectivity index (χ0n) is 20.1. The van der Waals surface area contributed by atoms with E-state index in [9.17, 15) is 0 Å². The van der Waals surface area contributed by atoms with Gasteiger partial charge in [-0.05, 0) is 79.8 Å². The highest BCUT2D eigenvalue weighted by Crippen LogP contribution is 2.23. The lowest BCUT2D eigenvalue weighted by Crippen LogP contribution is -2.25. The molecule has 1 aromatic heterocycles. The van der Waals surface area contributed by atoms with Gasteiger partial charge in [0.05, 0.1) is 12.8 Å². The van der Waals surface area contributed by atoms with Gasteiger partial charge < -0.3 is 14.5 Å². The van der Waals surface area contributed by atoms with Gasteiger partial charge in [0.1, 0.15) is 5.75 Å². The van der Waals surface area contributed by atoms with Crippen LogP contribution >= 0.6 is 23.4 Å². The van der Waals surface area contributed by atoms with Crippen molar-refractivity contribution in [3.63, 3.8) is 0 Å². The third kappa shape index (κ3) is 6.79. The largest absolute Gasteiger partial charge is 0.493 e. The van der Waals surface area contributed by atoms with Crippen LogP contribution in [0.1, 0.15) is 31.2 Å². The average molecular weight is 524 g/mol. The summed E-state index contributed by atoms with van der Waals surface area (Å²) in [6, 6.07) is 15.7. The van der Waals surface area contributed by atoms with E-state index in [-0.39, 0.29) is 0 Å². The number of ether oxygens (including phenoxy) is 1. The second kappa shape index (κ2) is 12.3. The van der Waals surface area contributed by atoms with Crippen LogP contribution in [0.5, 0.6) is 5.75 Å². The van der Waals surface area contributed by atoms with Crippen LogP contribution < -0.4 is 20.0 Å². The summed E-state index contributed by atoms with van der Waals surface area (Å²) in [5, 5.41) is 5.13. The molecule has 2 aliphatic heterocycles. The number of hydrogen-bond acceptors (Lipinski definition) is 9. The number of benzene rings is 2. The van der Waals surface area contributed by atoms with Gasteiger partial charge in [0.15, 0.2) is 0 Å². The van der Waals surface area contributed by atoms with E-state index in [2.05, 4.69) is 30.3 Å². The average Bonchev–Trinajstić information content (AvgIpc) is 3.64. The molecular weight excluding hydrogens is 494 g/mol. The van der Waals surface area contributed by atoms with E-state index in [0.29, 0.717) is 12.6 Å². The molecule has 5 rings (SSSR count). The van der Waals surface area contributed by atoms with E-state index in [1.165, 1.54) is 30.6 Å². The predicted octanol–water partition coefficient (Wildman–Crippen LogP) is 5.34. The van der Waals surface area contributed by atoms with Gasteiger partial charge in [0.25, 0.3) is 0 Å². The summed E-state index contributed by atoms with van der Waals surface area (Å²) < 4.78 is 5.86. The highest BCUT2D eigenvalue weighted by molar-refractivity contribution is 7.99. The molecule has 0 saturated carbocycles. The first-order chi connectivity index (χ1) is 17.7. The van der Waals surface area contributed by atoms with Crippen molar-refractivity contribution in [2.24, 2.45) is 5.10 Å². The second-order valence-corrected chi connectivity index (χ2v) is 10.3. The Morgan fingerprint density at radius 2 is 1.47 bits per heavy atom. The molecule has 0 atom stereocenters. The van der Waals surface area contributed by atoms with Gasteiger partial charge in [-0.25, -0.2) is 5.43 Å². The minimum atomic E-state index is 0.475. The van der Waals surface area contributed by atoms with Crippen LogP contribution in [0, 0.1) is 0 Å². The van der Waals surface area contributed by atoms with Crippen molar-refractivity contribution in [1.82, 2.24) is 15.0 Å². The number of aromatic nitrogens is 3. The van der Waals surface area contributed by atoms with Gasteiger partial charge in [-0.3, -0.25) is 0 Å². The first kappa shape index (κ1) is 24.6. The Hall–Kier alpha value is -3.04. The van der Waals surface area contributed by atoms with Gasteiger partial charge in [-0.1, -0.05) is 11.6 Å². The fourth-order valence-electron chi connectivity index (χ4n) is 4.19. The smallest absolute Gasteiger partial charge is 0.250 e. The molecule has 3 aromatic rings. The molecule has 2 aliphatic rings. The summed E-state index contributed by atoms with van der Waals surface area (Å²) in [7, 11) is 0. The maximum absolute atomic E-state index is 5.93. The lowest BCUT2D eigenvalue weighted by molar-refractivity contribution is 0.344. The second-order valence-electron chi connectivity index (χ2n) is 8.74. The Labute approximate surface area is 221 Å². The number of rotatable bonds is 10. The Balaban J connectivity index is 1.14. The van der Waals surface area contributed by atoms with Gasteiger partial charge in [0.2, 0.25) is 17.8 Å². The van der Waals surface area contributed by atoms with Crippen LogP contribution in [-0.2, 0) is 0 Å². The number of halogens is 1. The lowest BCUT2D eigenvalue weighted by Gasteiger charge is -2.20. The maximum atomic E-state index is 5.93. The molecule has 2 aromatic carbocycles. The van der Waals surface area contributed by atoms with Crippen LogP contribution in [0.2, 0.25) is 5.02 Å². The van der Waals surface area contributed by atoms with Gasteiger partial charge in [0, 0.05) is 41.8 Å². The summed E-state index contributed by atoms with van der Waals surface area (Å²) in [5.74, 6) is 3.64. The topological polar surface area (TPSA) is 78.8 Å². The minimum Gasteiger partial charge on any atom is -0.493 e. The molecule has 2 fully saturated rings. The number of anilines is 3. The van der Waals surface area contributed by atoms with Crippen molar-refractivity contribution in [2.45, 2.75) is 30.6 Å². The summed E-state index contributed by atoms with van der Waals surface area (Å²) in [5.41, 5.74) is 3.97. The molecule has 0 spiro atoms. The highest BCUT2D eigenvalue weighted by Gasteiger charge is 2.21. The van der Waals surface area contributed by atoms with Crippen LogP contribution in [0.25, 0.3) is 0 Å². The van der Waals surface area contributed by atoms with E-state index in [4.69, 9.17) is 21.3 Å². The third-order valence-corrected chi connectivity index (χ3v) is 7.31. The zero-order chi connectivity index (χ0) is 24.6. The van der Waals surface area contributed by atoms with Crippen LogP contribution in [0.15, 0.2) is 58.5 Å². The first-order valence-electron chi connectivity index (χ1n) is 12.4. The Morgan fingerprint density at radius 1 is 0.861 bits per heavy atom. The van der Waals surface area contributed by atoms with E-state index in [1.807, 2.05) is 48.5 Å². The first-order valence-corrected chi connectivity index (χ1v) is 13.8. The van der Waals surface area contributed by atoms with Gasteiger partial charge in [-0.15, -0.1) is 11.8 Å². The van der Waals surface area contributed by atoms with Gasteiger partial charge in [-0.2, -0.15) is 20.1 Å². The van der Waals surface area contributed by atoms with Gasteiger partial charge >= 0.3 is 0 Å². The third-order valence-electron chi connectivity index (χ3n) is 6.08. The van der Waals surface area contributed by atoms with Crippen molar-refractivity contribution in [1.29, 1.82) is 0 Å². The molecule has 0 amide bonds. The van der Waals surface area contributed by atoms with Crippen LogP contribution in [-0.4, -0.2) is 59.7 Å². The Bertz CT molecular complexity index is 1110. The van der Waals surface area contributed by atoms with Crippen LogP contribution in [0.3, 0.4) is 0 Å². The molecule has 0 aliphatic carbocycles. The molecule has 36 heavy (non-hydrogen) atoms. The quantitative estimate of drug-likeness (QED) is 0.165. The molecule has 8 nitrogen and oxygen atoms in total. The molecule has 0 radical (unpaired) electrons. The lowest BCUT2D eigenvalue weighted by atomic mass is 10.2. The molecule has 188 valence electrons. The van der Waals surface area contributed by atoms with Crippen molar-refractivity contribution in [2.75, 3.05) is 53.8 Å². The molecular formula is C26H30ClN7OS. The Morgan fingerprint density at radius 3 is 2.08 bits per heavy atom. The molecule has 0 bridgehead atoms. The van der Waals surface area contributed by atoms with E-state index in [0.717, 1.165) is 60.2 Å². The van der Waals surface area contributed by atoms with E-state index < -0.39 is 0 Å². The maximum Gasteiger partial charge on any atom is 0.250 e. The number of hydrogen-bond donors (Lipinski definition) is 1. The molecule has 10 heteroatoms. The minimum absolute atomic E-state index is 0.475. The summed E-state index contributed by atoms with van der Waals surface area (Å²) in [6.07, 6.45) is 6.45. The van der Waals surface area contributed by atoms with E-state index in [1.54, 1.807) is 18.0 Å². The summed E-state index contributed by atoms with van der Waals surface area (Å²) in [6.45, 7) is 4.57. The number of nitrogens with one attached hydrogen (secondary N) is 1. The summed E-state index contributed by atoms with van der Waals surface area (Å²) in [4.78, 5) is 19.6. The van der Waals surface area contributed by atoms with Crippen molar-refractivity contribution in [3.05, 3.63) is 59.1 Å². The number of nitrogens with zero attached hydrogens (tertiary/aromatic N) is 6. The number of hydrazone groups is 1. The van der Waals surface area contributed by atoms with E-state index >= 15 is 0 Å². The molecule has 3 heterocycles. The predicted molar refractivity (Wildman–Crippen MR) is 148 cm³/mol. The zero-order valence-corrected chi connectivity index (χ0v) is 21.7. The highest BCUT2D eigenvalue weighted by atomic mass is 35.5. The van der Waals surface area contributed by atoms with Crippen LogP contribution in [0.4, 0.5) is 17.8 Å². The van der Waals surface area contributed by atoms with Crippen molar-refractivity contribution < 1.29 is 4.74 Å². The molecule has 0 unspecified atom stereocenters. The molecule has 1 N–H and O–H groups in total. The number of thioether (sulfide) groups is 1.